The number of hydrogen-bond acceptors (Lipinski definition) is 5. The van der Waals surface area contributed by atoms with Gasteiger partial charge in [0, 0.05) is 11.0 Å². The third-order valence-corrected chi connectivity index (χ3v) is 4.75. The van der Waals surface area contributed by atoms with Gasteiger partial charge in [-0.2, -0.15) is 0 Å². The summed E-state index contributed by atoms with van der Waals surface area (Å²) in [6, 6.07) is 19.6. The second-order valence-corrected chi connectivity index (χ2v) is 7.61. The fourth-order valence-corrected chi connectivity index (χ4v) is 3.11. The standard InChI is InChI=1S/C24H21BrN2O5/c25-19-9-4-8-18(14-19)15-20(27-24(30)21-10-5-13-31-21)23(29)26-12-11-22(28)32-16-17-6-2-1-3-7-17/h1-10,13-15H,11-12,16H2,(H,26,29)(H,27,30). The van der Waals surface area contributed by atoms with Crippen LogP contribution in [0.1, 0.15) is 28.1 Å². The van der Waals surface area contributed by atoms with E-state index in [2.05, 4.69) is 26.6 Å². The predicted molar refractivity (Wildman–Crippen MR) is 122 cm³/mol. The smallest absolute Gasteiger partial charge is 0.307 e. The minimum absolute atomic E-state index is 0.00509. The van der Waals surface area contributed by atoms with Gasteiger partial charge in [0.2, 0.25) is 0 Å². The number of carbonyl (C=O) groups is 3. The zero-order valence-corrected chi connectivity index (χ0v) is 18.6. The van der Waals surface area contributed by atoms with Crippen molar-refractivity contribution in [3.63, 3.8) is 0 Å². The molecule has 1 heterocycles. The van der Waals surface area contributed by atoms with Crippen molar-refractivity contribution in [2.45, 2.75) is 13.0 Å². The first-order chi connectivity index (χ1) is 15.5. The first kappa shape index (κ1) is 23.0. The maximum atomic E-state index is 12.7. The molecule has 0 radical (unpaired) electrons. The van der Waals surface area contributed by atoms with E-state index in [1.54, 1.807) is 18.2 Å². The lowest BCUT2D eigenvalue weighted by Gasteiger charge is -2.11. The highest BCUT2D eigenvalue weighted by Gasteiger charge is 2.16. The van der Waals surface area contributed by atoms with E-state index in [1.807, 2.05) is 42.5 Å². The molecule has 3 aromatic rings. The molecule has 32 heavy (non-hydrogen) atoms. The lowest BCUT2D eigenvalue weighted by molar-refractivity contribution is -0.144. The molecule has 8 heteroatoms. The van der Waals surface area contributed by atoms with Crippen LogP contribution in [0.25, 0.3) is 6.08 Å². The average molecular weight is 497 g/mol. The van der Waals surface area contributed by atoms with E-state index >= 15 is 0 Å². The Hall–Kier alpha value is -3.65. The first-order valence-electron chi connectivity index (χ1n) is 9.81. The van der Waals surface area contributed by atoms with Crippen molar-refractivity contribution in [2.75, 3.05) is 6.54 Å². The summed E-state index contributed by atoms with van der Waals surface area (Å²) in [6.07, 6.45) is 2.90. The number of ether oxygens (including phenoxy) is 1. The van der Waals surface area contributed by atoms with Crippen LogP contribution in [0.15, 0.2) is 87.6 Å². The van der Waals surface area contributed by atoms with E-state index < -0.39 is 17.8 Å². The number of rotatable bonds is 9. The van der Waals surface area contributed by atoms with Crippen molar-refractivity contribution in [1.29, 1.82) is 0 Å². The van der Waals surface area contributed by atoms with Crippen LogP contribution in [0.4, 0.5) is 0 Å². The van der Waals surface area contributed by atoms with Gasteiger partial charge in [-0.1, -0.05) is 58.4 Å². The maximum Gasteiger partial charge on any atom is 0.307 e. The molecular weight excluding hydrogens is 476 g/mol. The van der Waals surface area contributed by atoms with Crippen molar-refractivity contribution in [1.82, 2.24) is 10.6 Å². The summed E-state index contributed by atoms with van der Waals surface area (Å²) >= 11 is 3.38. The normalized spacial score (nSPS) is 11.0. The number of amides is 2. The zero-order valence-electron chi connectivity index (χ0n) is 17.0. The van der Waals surface area contributed by atoms with Crippen molar-refractivity contribution >= 4 is 39.8 Å². The van der Waals surface area contributed by atoms with E-state index in [0.717, 1.165) is 10.0 Å². The number of hydrogen-bond donors (Lipinski definition) is 2. The Labute approximate surface area is 193 Å². The number of benzene rings is 2. The summed E-state index contributed by atoms with van der Waals surface area (Å²) in [6.45, 7) is 0.222. The quantitative estimate of drug-likeness (QED) is 0.343. The van der Waals surface area contributed by atoms with Crippen molar-refractivity contribution in [3.8, 4) is 0 Å². The summed E-state index contributed by atoms with van der Waals surface area (Å²) in [5, 5.41) is 5.19. The molecule has 164 valence electrons. The summed E-state index contributed by atoms with van der Waals surface area (Å²) in [7, 11) is 0. The van der Waals surface area contributed by atoms with Gasteiger partial charge in [-0.05, 0) is 41.5 Å². The van der Waals surface area contributed by atoms with Crippen LogP contribution >= 0.6 is 15.9 Å². The molecule has 7 nitrogen and oxygen atoms in total. The van der Waals surface area contributed by atoms with Crippen LogP contribution in [0.5, 0.6) is 0 Å². The Morgan fingerprint density at radius 3 is 2.53 bits per heavy atom. The van der Waals surface area contributed by atoms with E-state index in [0.29, 0.717) is 5.56 Å². The predicted octanol–water partition coefficient (Wildman–Crippen LogP) is 4.06. The monoisotopic (exact) mass is 496 g/mol. The fraction of sp³-hybridized carbons (Fsp3) is 0.125. The molecule has 0 fully saturated rings. The van der Waals surface area contributed by atoms with Crippen LogP contribution < -0.4 is 10.6 Å². The van der Waals surface area contributed by atoms with Gasteiger partial charge in [-0.3, -0.25) is 14.4 Å². The van der Waals surface area contributed by atoms with Crippen LogP contribution in [-0.2, 0) is 20.9 Å². The maximum absolute atomic E-state index is 12.7. The molecular formula is C24H21BrN2O5. The average Bonchev–Trinajstić information content (AvgIpc) is 3.33. The molecule has 0 saturated carbocycles. The topological polar surface area (TPSA) is 97.6 Å². The highest BCUT2D eigenvalue weighted by molar-refractivity contribution is 9.10. The molecule has 0 aliphatic carbocycles. The van der Waals surface area contributed by atoms with Crippen LogP contribution in [-0.4, -0.2) is 24.3 Å². The van der Waals surface area contributed by atoms with Gasteiger partial charge >= 0.3 is 5.97 Å². The molecule has 0 saturated heterocycles. The van der Waals surface area contributed by atoms with Crippen molar-refractivity contribution in [3.05, 3.63) is 100 Å². The number of halogens is 1. The van der Waals surface area contributed by atoms with E-state index in [1.165, 1.54) is 18.4 Å². The SMILES string of the molecule is O=C(CCNC(=O)C(=Cc1cccc(Br)c1)NC(=O)c1ccco1)OCc1ccccc1. The molecule has 2 amide bonds. The summed E-state index contributed by atoms with van der Waals surface area (Å²) < 4.78 is 11.1. The van der Waals surface area contributed by atoms with E-state index in [9.17, 15) is 14.4 Å². The lowest BCUT2D eigenvalue weighted by Crippen LogP contribution is -2.35. The molecule has 0 spiro atoms. The van der Waals surface area contributed by atoms with Crippen LogP contribution in [0.2, 0.25) is 0 Å². The molecule has 1 aromatic heterocycles. The van der Waals surface area contributed by atoms with E-state index in [4.69, 9.17) is 9.15 Å². The zero-order chi connectivity index (χ0) is 22.8. The van der Waals surface area contributed by atoms with Crippen molar-refractivity contribution < 1.29 is 23.5 Å². The molecule has 0 unspecified atom stereocenters. The summed E-state index contributed by atoms with van der Waals surface area (Å²) in [5.74, 6) is -1.47. The lowest BCUT2D eigenvalue weighted by atomic mass is 10.2. The Kier molecular flexibility index (Phi) is 8.39. The Balaban J connectivity index is 1.59. The highest BCUT2D eigenvalue weighted by Crippen LogP contribution is 2.14. The van der Waals surface area contributed by atoms with Crippen LogP contribution in [0, 0.1) is 0 Å². The number of furan rings is 1. The molecule has 0 bridgehead atoms. The minimum Gasteiger partial charge on any atom is -0.461 e. The number of nitrogens with one attached hydrogen (secondary N) is 2. The van der Waals surface area contributed by atoms with Gasteiger partial charge in [-0.15, -0.1) is 0 Å². The third-order valence-electron chi connectivity index (χ3n) is 4.25. The first-order valence-corrected chi connectivity index (χ1v) is 10.6. The van der Waals surface area contributed by atoms with Gasteiger partial charge < -0.3 is 19.8 Å². The second-order valence-electron chi connectivity index (χ2n) is 6.70. The van der Waals surface area contributed by atoms with Gasteiger partial charge in [0.15, 0.2) is 5.76 Å². The molecule has 3 rings (SSSR count). The largest absolute Gasteiger partial charge is 0.461 e. The number of carbonyl (C=O) groups excluding carboxylic acids is 3. The van der Waals surface area contributed by atoms with Gasteiger partial charge in [0.25, 0.3) is 11.8 Å². The molecule has 0 aliphatic heterocycles. The molecule has 0 atom stereocenters. The Morgan fingerprint density at radius 2 is 1.81 bits per heavy atom. The Bertz CT molecular complexity index is 1090. The molecule has 2 N–H and O–H groups in total. The van der Waals surface area contributed by atoms with Crippen LogP contribution in [0.3, 0.4) is 0 Å². The third kappa shape index (κ3) is 7.24. The van der Waals surface area contributed by atoms with Gasteiger partial charge in [0.1, 0.15) is 12.3 Å². The fourth-order valence-electron chi connectivity index (χ4n) is 2.70. The van der Waals surface area contributed by atoms with Gasteiger partial charge in [-0.25, -0.2) is 0 Å². The summed E-state index contributed by atoms with van der Waals surface area (Å²) in [5.41, 5.74) is 1.60. The molecule has 2 aromatic carbocycles. The number of esters is 1. The molecule has 0 aliphatic rings. The van der Waals surface area contributed by atoms with Gasteiger partial charge in [0.05, 0.1) is 12.7 Å². The Morgan fingerprint density at radius 1 is 1.00 bits per heavy atom. The minimum atomic E-state index is -0.561. The van der Waals surface area contributed by atoms with E-state index in [-0.39, 0.29) is 31.0 Å². The highest BCUT2D eigenvalue weighted by atomic mass is 79.9. The van der Waals surface area contributed by atoms with Crippen molar-refractivity contribution in [2.24, 2.45) is 0 Å². The summed E-state index contributed by atoms with van der Waals surface area (Å²) in [4.78, 5) is 37.0. The second kappa shape index (κ2) is 11.7.